The first-order chi connectivity index (χ1) is 14.9. The molecule has 170 valence electrons. The third-order valence-electron chi connectivity index (χ3n) is 6.23. The molecular weight excluding hydrogens is 419 g/mol. The maximum absolute atomic E-state index is 14.3. The van der Waals surface area contributed by atoms with Crippen LogP contribution in [0.3, 0.4) is 0 Å². The van der Waals surface area contributed by atoms with Gasteiger partial charge in [-0.15, -0.1) is 0 Å². The van der Waals surface area contributed by atoms with Gasteiger partial charge in [-0.1, -0.05) is 36.4 Å². The van der Waals surface area contributed by atoms with Crippen molar-refractivity contribution >= 4 is 7.82 Å². The lowest BCUT2D eigenvalue weighted by Gasteiger charge is -2.25. The van der Waals surface area contributed by atoms with Crippen molar-refractivity contribution in [3.05, 3.63) is 86.5 Å². The average molecular weight is 453 g/mol. The first-order valence-electron chi connectivity index (χ1n) is 10.8. The van der Waals surface area contributed by atoms with Crippen molar-refractivity contribution in [3.8, 4) is 17.2 Å². The lowest BCUT2D eigenvalue weighted by atomic mass is 10.1. The molecule has 0 saturated heterocycles. The molecule has 32 heavy (non-hydrogen) atoms. The molecule has 0 saturated carbocycles. The minimum Gasteiger partial charge on any atom is -0.385 e. The van der Waals surface area contributed by atoms with Gasteiger partial charge in [0.1, 0.15) is 17.2 Å². The van der Waals surface area contributed by atoms with Gasteiger partial charge >= 0.3 is 7.82 Å². The van der Waals surface area contributed by atoms with E-state index in [1.165, 1.54) is 0 Å². The summed E-state index contributed by atoms with van der Waals surface area (Å²) >= 11 is 0. The molecule has 3 aromatic rings. The molecule has 0 aromatic heterocycles. The topological polar surface area (TPSA) is 44.8 Å². The van der Waals surface area contributed by atoms with Crippen LogP contribution in [0.25, 0.3) is 0 Å². The Morgan fingerprint density at radius 2 is 0.656 bits per heavy atom. The summed E-state index contributed by atoms with van der Waals surface area (Å²) in [5, 5.41) is 0. The molecule has 0 heterocycles. The number of hydrogen-bond donors (Lipinski definition) is 0. The van der Waals surface area contributed by atoms with Crippen LogP contribution in [0.4, 0.5) is 0 Å². The van der Waals surface area contributed by atoms with E-state index in [2.05, 4.69) is 0 Å². The van der Waals surface area contributed by atoms with Gasteiger partial charge < -0.3 is 13.6 Å². The standard InChI is InChI=1S/C27H33O4P/c1-16-10-13-19(4)25(22(16)7)29-32(28,30-26-20(5)14-11-17(2)23(26)8)31-27-21(6)15-12-18(3)24(27)9/h10-15H,1-9H3. The van der Waals surface area contributed by atoms with E-state index < -0.39 is 7.82 Å². The second-order valence-corrected chi connectivity index (χ2v) is 10.1. The predicted octanol–water partition coefficient (Wildman–Crippen LogP) is 8.11. The van der Waals surface area contributed by atoms with Crippen LogP contribution in [-0.4, -0.2) is 0 Å². The Labute approximate surface area is 192 Å². The number of phosphoric acid groups is 1. The van der Waals surface area contributed by atoms with Crippen LogP contribution < -0.4 is 13.6 Å². The first-order valence-corrected chi connectivity index (χ1v) is 12.3. The summed E-state index contributed by atoms with van der Waals surface area (Å²) in [5.74, 6) is 1.58. The maximum atomic E-state index is 14.3. The molecule has 0 fully saturated rings. The van der Waals surface area contributed by atoms with E-state index in [0.717, 1.165) is 50.1 Å². The minimum atomic E-state index is -4.11. The van der Waals surface area contributed by atoms with Gasteiger partial charge in [0.25, 0.3) is 0 Å². The molecule has 0 unspecified atom stereocenters. The van der Waals surface area contributed by atoms with Crippen LogP contribution >= 0.6 is 7.82 Å². The van der Waals surface area contributed by atoms with Crippen molar-refractivity contribution in [1.82, 2.24) is 0 Å². The van der Waals surface area contributed by atoms with Crippen molar-refractivity contribution in [2.24, 2.45) is 0 Å². The molecule has 0 radical (unpaired) electrons. The van der Waals surface area contributed by atoms with E-state index >= 15 is 0 Å². The van der Waals surface area contributed by atoms with Crippen molar-refractivity contribution in [3.63, 3.8) is 0 Å². The van der Waals surface area contributed by atoms with Gasteiger partial charge in [-0.05, 0) is 112 Å². The van der Waals surface area contributed by atoms with Crippen LogP contribution in [0.15, 0.2) is 36.4 Å². The van der Waals surface area contributed by atoms with Crippen LogP contribution in [0, 0.1) is 62.3 Å². The van der Waals surface area contributed by atoms with E-state index in [-0.39, 0.29) is 0 Å². The molecule has 0 aliphatic carbocycles. The molecule has 0 aliphatic rings. The number of phosphoric ester groups is 1. The van der Waals surface area contributed by atoms with Gasteiger partial charge in [0.15, 0.2) is 0 Å². The number of hydrogen-bond acceptors (Lipinski definition) is 4. The summed E-state index contributed by atoms with van der Waals surface area (Å²) < 4.78 is 32.8. The Kier molecular flexibility index (Phi) is 6.76. The van der Waals surface area contributed by atoms with E-state index in [0.29, 0.717) is 17.2 Å². The highest BCUT2D eigenvalue weighted by atomic mass is 31.2. The molecular formula is C27H33O4P. The first kappa shape index (κ1) is 23.9. The summed E-state index contributed by atoms with van der Waals surface area (Å²) in [7, 11) is -4.11. The van der Waals surface area contributed by atoms with E-state index in [4.69, 9.17) is 13.6 Å². The van der Waals surface area contributed by atoms with E-state index in [1.807, 2.05) is 98.7 Å². The number of rotatable bonds is 6. The van der Waals surface area contributed by atoms with Crippen LogP contribution in [0.5, 0.6) is 17.2 Å². The van der Waals surface area contributed by atoms with Crippen molar-refractivity contribution in [2.75, 3.05) is 0 Å². The normalized spacial score (nSPS) is 11.4. The summed E-state index contributed by atoms with van der Waals surface area (Å²) in [6, 6.07) is 11.9. The molecule has 0 amide bonds. The fourth-order valence-electron chi connectivity index (χ4n) is 3.59. The maximum Gasteiger partial charge on any atom is 0.647 e. The molecule has 0 aliphatic heterocycles. The van der Waals surface area contributed by atoms with Crippen LogP contribution in [0.1, 0.15) is 50.1 Å². The van der Waals surface area contributed by atoms with Gasteiger partial charge in [-0.3, -0.25) is 0 Å². The molecule has 5 heteroatoms. The Morgan fingerprint density at radius 3 is 0.906 bits per heavy atom. The number of benzene rings is 3. The molecule has 0 bridgehead atoms. The van der Waals surface area contributed by atoms with E-state index in [9.17, 15) is 4.57 Å². The molecule has 0 N–H and O–H groups in total. The zero-order valence-electron chi connectivity index (χ0n) is 20.5. The third-order valence-corrected chi connectivity index (χ3v) is 7.45. The zero-order chi connectivity index (χ0) is 23.8. The highest BCUT2D eigenvalue weighted by molar-refractivity contribution is 7.49. The van der Waals surface area contributed by atoms with Crippen LogP contribution in [0.2, 0.25) is 0 Å². The van der Waals surface area contributed by atoms with Gasteiger partial charge in [-0.2, -0.15) is 4.57 Å². The summed E-state index contributed by atoms with van der Waals surface area (Å²) in [6.45, 7) is 17.6. The Morgan fingerprint density at radius 1 is 0.438 bits per heavy atom. The largest absolute Gasteiger partial charge is 0.647 e. The Balaban J connectivity index is 2.16. The van der Waals surface area contributed by atoms with Gasteiger partial charge in [-0.25, -0.2) is 0 Å². The minimum absolute atomic E-state index is 0.527. The monoisotopic (exact) mass is 452 g/mol. The van der Waals surface area contributed by atoms with Crippen molar-refractivity contribution < 1.29 is 18.1 Å². The fraction of sp³-hybridized carbons (Fsp3) is 0.333. The smallest absolute Gasteiger partial charge is 0.385 e. The Hall–Kier alpha value is -2.71. The SMILES string of the molecule is Cc1ccc(C)c(OP(=O)(Oc2c(C)ccc(C)c2C)Oc2c(C)ccc(C)c2C)c1C. The Bertz CT molecular complexity index is 1080. The fourth-order valence-corrected chi connectivity index (χ4v) is 5.21. The second-order valence-electron chi connectivity index (χ2n) is 8.68. The lowest BCUT2D eigenvalue weighted by Crippen LogP contribution is -2.12. The van der Waals surface area contributed by atoms with Crippen molar-refractivity contribution in [1.29, 1.82) is 0 Å². The molecule has 3 rings (SSSR count). The highest BCUT2D eigenvalue weighted by Gasteiger charge is 2.36. The van der Waals surface area contributed by atoms with Crippen LogP contribution in [-0.2, 0) is 4.57 Å². The lowest BCUT2D eigenvalue weighted by molar-refractivity contribution is 0.294. The number of aryl methyl sites for hydroxylation is 6. The van der Waals surface area contributed by atoms with Gasteiger partial charge in [0.2, 0.25) is 0 Å². The molecule has 4 nitrogen and oxygen atoms in total. The van der Waals surface area contributed by atoms with Gasteiger partial charge in [0, 0.05) is 0 Å². The molecule has 0 atom stereocenters. The van der Waals surface area contributed by atoms with E-state index in [1.54, 1.807) is 0 Å². The summed E-state index contributed by atoms with van der Waals surface area (Å²) in [5.41, 5.74) is 8.48. The zero-order valence-corrected chi connectivity index (χ0v) is 21.4. The molecule has 0 spiro atoms. The second kappa shape index (κ2) is 9.03. The van der Waals surface area contributed by atoms with Gasteiger partial charge in [0.05, 0.1) is 0 Å². The average Bonchev–Trinajstić information content (AvgIpc) is 2.75. The predicted molar refractivity (Wildman–Crippen MR) is 131 cm³/mol. The van der Waals surface area contributed by atoms with Crippen molar-refractivity contribution in [2.45, 2.75) is 62.3 Å². The summed E-state index contributed by atoms with van der Waals surface area (Å²) in [4.78, 5) is 0. The summed E-state index contributed by atoms with van der Waals surface area (Å²) in [6.07, 6.45) is 0. The quantitative estimate of drug-likeness (QED) is 0.354. The molecule has 3 aromatic carbocycles. The third kappa shape index (κ3) is 4.71. The highest BCUT2D eigenvalue weighted by Crippen LogP contribution is 2.53.